The molecule has 0 N–H and O–H groups in total. The summed E-state index contributed by atoms with van der Waals surface area (Å²) in [5.41, 5.74) is 2.16. The fourth-order valence-corrected chi connectivity index (χ4v) is 3.23. The number of hydrogen-bond donors (Lipinski definition) is 0. The highest BCUT2D eigenvalue weighted by atomic mass is 16.6. The first-order valence-corrected chi connectivity index (χ1v) is 10.00. The number of piperidine rings is 1. The fraction of sp³-hybridized carbons (Fsp3) is 0.333. The zero-order chi connectivity index (χ0) is 20.5. The second kappa shape index (κ2) is 10.5. The summed E-state index contributed by atoms with van der Waals surface area (Å²) in [6.45, 7) is 3.71. The van der Waals surface area contributed by atoms with Gasteiger partial charge in [-0.25, -0.2) is 0 Å². The summed E-state index contributed by atoms with van der Waals surface area (Å²) in [4.78, 5) is 26.3. The highest BCUT2D eigenvalue weighted by Crippen LogP contribution is 2.19. The molecule has 2 aromatic rings. The van der Waals surface area contributed by atoms with Crippen LogP contribution < -0.4 is 4.74 Å². The molecule has 0 unspecified atom stereocenters. The maximum Gasteiger partial charge on any atom is 0.309 e. The van der Waals surface area contributed by atoms with Crippen LogP contribution in [0.25, 0.3) is 6.08 Å². The second-order valence-electron chi connectivity index (χ2n) is 7.17. The number of aryl methyl sites for hydroxylation is 1. The first kappa shape index (κ1) is 20.6. The van der Waals surface area contributed by atoms with Crippen LogP contribution in [0.5, 0.6) is 5.75 Å². The Bertz CT molecular complexity index is 822. The number of carbonyl (C=O) groups is 2. The lowest BCUT2D eigenvalue weighted by molar-refractivity contribution is -0.152. The van der Waals surface area contributed by atoms with Crippen LogP contribution in [0.3, 0.4) is 0 Å². The molecule has 0 radical (unpaired) electrons. The maximum atomic E-state index is 12.3. The van der Waals surface area contributed by atoms with Gasteiger partial charge in [-0.2, -0.15) is 0 Å². The molecule has 29 heavy (non-hydrogen) atoms. The number of likely N-dealkylation sites (tertiary alicyclic amines) is 1. The highest BCUT2D eigenvalue weighted by Gasteiger charge is 2.27. The molecule has 1 saturated heterocycles. The average Bonchev–Trinajstić information content (AvgIpc) is 2.77. The van der Waals surface area contributed by atoms with E-state index in [1.807, 2.05) is 67.6 Å². The van der Waals surface area contributed by atoms with Gasteiger partial charge in [-0.05, 0) is 43.5 Å². The summed E-state index contributed by atoms with van der Waals surface area (Å²) in [6.07, 6.45) is 4.66. The minimum Gasteiger partial charge on any atom is -0.490 e. The third kappa shape index (κ3) is 6.49. The Morgan fingerprint density at radius 1 is 1.00 bits per heavy atom. The molecule has 5 heteroatoms. The monoisotopic (exact) mass is 393 g/mol. The Kier molecular flexibility index (Phi) is 7.45. The van der Waals surface area contributed by atoms with E-state index < -0.39 is 0 Å². The molecule has 0 atom stereocenters. The Morgan fingerprint density at radius 2 is 1.69 bits per heavy atom. The van der Waals surface area contributed by atoms with Crippen LogP contribution in [0.1, 0.15) is 24.0 Å². The summed E-state index contributed by atoms with van der Waals surface area (Å²) in [6, 6.07) is 17.5. The Hall–Kier alpha value is -3.08. The molecular weight excluding hydrogens is 366 g/mol. The zero-order valence-corrected chi connectivity index (χ0v) is 16.8. The van der Waals surface area contributed by atoms with E-state index in [-0.39, 0.29) is 24.4 Å². The number of nitrogens with zero attached hydrogens (tertiary/aromatic N) is 1. The van der Waals surface area contributed by atoms with Gasteiger partial charge in [-0.3, -0.25) is 9.59 Å². The maximum absolute atomic E-state index is 12.3. The van der Waals surface area contributed by atoms with Gasteiger partial charge in [0.05, 0.1) is 5.92 Å². The molecule has 1 aliphatic rings. The van der Waals surface area contributed by atoms with E-state index in [9.17, 15) is 9.59 Å². The lowest BCUT2D eigenvalue weighted by Gasteiger charge is -2.30. The Morgan fingerprint density at radius 3 is 2.38 bits per heavy atom. The Labute approximate surface area is 171 Å². The molecule has 5 nitrogen and oxygen atoms in total. The van der Waals surface area contributed by atoms with Crippen molar-refractivity contribution in [3.05, 3.63) is 71.8 Å². The molecular formula is C24H27NO4. The third-order valence-electron chi connectivity index (χ3n) is 4.98. The molecule has 1 aliphatic heterocycles. The number of carbonyl (C=O) groups excluding carboxylic acids is 2. The summed E-state index contributed by atoms with van der Waals surface area (Å²) in [5, 5.41) is 0. The number of rotatable bonds is 7. The van der Waals surface area contributed by atoms with Crippen LogP contribution in [0.2, 0.25) is 0 Å². The van der Waals surface area contributed by atoms with E-state index in [1.165, 1.54) is 5.56 Å². The standard InChI is InChI=1S/C24H27NO4/c1-19-7-10-22(11-8-19)28-17-18-29-24(27)21-13-15-25(16-14-21)23(26)12-9-20-5-3-2-4-6-20/h2-12,21H,13-18H2,1H3/b12-9+. The summed E-state index contributed by atoms with van der Waals surface area (Å²) >= 11 is 0. The van der Waals surface area contributed by atoms with Crippen molar-refractivity contribution in [1.82, 2.24) is 4.90 Å². The predicted octanol–water partition coefficient (Wildman–Crippen LogP) is 3.87. The molecule has 0 aromatic heterocycles. The van der Waals surface area contributed by atoms with Gasteiger partial charge in [0.25, 0.3) is 0 Å². The molecule has 1 heterocycles. The average molecular weight is 393 g/mol. The molecule has 1 fully saturated rings. The quantitative estimate of drug-likeness (QED) is 0.407. The van der Waals surface area contributed by atoms with Gasteiger partial charge >= 0.3 is 5.97 Å². The van der Waals surface area contributed by atoms with E-state index in [2.05, 4.69) is 0 Å². The van der Waals surface area contributed by atoms with Gasteiger partial charge in [-0.1, -0.05) is 48.0 Å². The van der Waals surface area contributed by atoms with Crippen molar-refractivity contribution < 1.29 is 19.1 Å². The van der Waals surface area contributed by atoms with Crippen molar-refractivity contribution >= 4 is 18.0 Å². The molecule has 0 aliphatic carbocycles. The van der Waals surface area contributed by atoms with Crippen LogP contribution in [-0.2, 0) is 14.3 Å². The molecule has 1 amide bonds. The van der Waals surface area contributed by atoms with E-state index >= 15 is 0 Å². The zero-order valence-electron chi connectivity index (χ0n) is 16.8. The third-order valence-corrected chi connectivity index (χ3v) is 4.98. The number of hydrogen-bond acceptors (Lipinski definition) is 4. The minimum atomic E-state index is -0.204. The van der Waals surface area contributed by atoms with Gasteiger partial charge in [0.2, 0.25) is 5.91 Å². The first-order chi connectivity index (χ1) is 14.1. The van der Waals surface area contributed by atoms with E-state index in [0.29, 0.717) is 32.5 Å². The predicted molar refractivity (Wildman–Crippen MR) is 112 cm³/mol. The van der Waals surface area contributed by atoms with Crippen LogP contribution in [0.4, 0.5) is 0 Å². The summed E-state index contributed by atoms with van der Waals surface area (Å²) < 4.78 is 10.9. The summed E-state index contributed by atoms with van der Waals surface area (Å²) in [5.74, 6) is 0.384. The molecule has 0 spiro atoms. The van der Waals surface area contributed by atoms with Crippen LogP contribution in [0.15, 0.2) is 60.7 Å². The summed E-state index contributed by atoms with van der Waals surface area (Å²) in [7, 11) is 0. The first-order valence-electron chi connectivity index (χ1n) is 10.00. The van der Waals surface area contributed by atoms with Crippen molar-refractivity contribution in [2.45, 2.75) is 19.8 Å². The van der Waals surface area contributed by atoms with E-state index in [1.54, 1.807) is 11.0 Å². The Balaban J connectivity index is 1.35. The van der Waals surface area contributed by atoms with Gasteiger partial charge in [0.15, 0.2) is 0 Å². The normalized spacial score (nSPS) is 14.7. The van der Waals surface area contributed by atoms with Crippen LogP contribution in [-0.4, -0.2) is 43.1 Å². The lowest BCUT2D eigenvalue weighted by Crippen LogP contribution is -2.40. The van der Waals surface area contributed by atoms with E-state index in [0.717, 1.165) is 11.3 Å². The van der Waals surface area contributed by atoms with Crippen molar-refractivity contribution in [1.29, 1.82) is 0 Å². The smallest absolute Gasteiger partial charge is 0.309 e. The molecule has 152 valence electrons. The fourth-order valence-electron chi connectivity index (χ4n) is 3.23. The number of esters is 1. The second-order valence-corrected chi connectivity index (χ2v) is 7.17. The number of ether oxygens (including phenoxy) is 2. The van der Waals surface area contributed by atoms with Gasteiger partial charge in [0, 0.05) is 19.2 Å². The SMILES string of the molecule is Cc1ccc(OCCOC(=O)C2CCN(C(=O)/C=C/c3ccccc3)CC2)cc1. The van der Waals surface area contributed by atoms with Crippen molar-refractivity contribution in [3.63, 3.8) is 0 Å². The lowest BCUT2D eigenvalue weighted by atomic mass is 9.97. The van der Waals surface area contributed by atoms with Crippen molar-refractivity contribution in [2.75, 3.05) is 26.3 Å². The largest absolute Gasteiger partial charge is 0.490 e. The van der Waals surface area contributed by atoms with Gasteiger partial charge in [-0.15, -0.1) is 0 Å². The van der Waals surface area contributed by atoms with Crippen molar-refractivity contribution in [2.24, 2.45) is 5.92 Å². The minimum absolute atomic E-state index is 0.0211. The number of benzene rings is 2. The van der Waals surface area contributed by atoms with Crippen molar-refractivity contribution in [3.8, 4) is 5.75 Å². The van der Waals surface area contributed by atoms with Gasteiger partial charge in [0.1, 0.15) is 19.0 Å². The van der Waals surface area contributed by atoms with E-state index in [4.69, 9.17) is 9.47 Å². The van der Waals surface area contributed by atoms with Gasteiger partial charge < -0.3 is 14.4 Å². The van der Waals surface area contributed by atoms with Crippen LogP contribution in [0, 0.1) is 12.8 Å². The van der Waals surface area contributed by atoms with Crippen LogP contribution >= 0.6 is 0 Å². The molecule has 2 aromatic carbocycles. The molecule has 0 bridgehead atoms. The molecule has 0 saturated carbocycles. The molecule has 3 rings (SSSR count). The number of amides is 1. The topological polar surface area (TPSA) is 55.8 Å². The highest BCUT2D eigenvalue weighted by molar-refractivity contribution is 5.92.